The Morgan fingerprint density at radius 2 is 1.70 bits per heavy atom. The maximum Gasteiger partial charge on any atom is 0.302 e. The van der Waals surface area contributed by atoms with Crippen molar-refractivity contribution in [3.8, 4) is 5.75 Å². The first kappa shape index (κ1) is 16.8. The first-order chi connectivity index (χ1) is 9.10. The molecule has 1 aromatic carbocycles. The van der Waals surface area contributed by atoms with Crippen LogP contribution in [0.3, 0.4) is 0 Å². The number of rotatable bonds is 5. The van der Waals surface area contributed by atoms with Crippen LogP contribution in [0.4, 0.5) is 0 Å². The molecule has 0 amide bonds. The van der Waals surface area contributed by atoms with E-state index in [1.807, 2.05) is 12.1 Å². The molecule has 1 rings (SSSR count). The van der Waals surface area contributed by atoms with Crippen LogP contribution in [-0.2, 0) is 14.9 Å². The van der Waals surface area contributed by atoms with Gasteiger partial charge in [0.1, 0.15) is 5.75 Å². The summed E-state index contributed by atoms with van der Waals surface area (Å²) in [6, 6.07) is 9.09. The van der Waals surface area contributed by atoms with Gasteiger partial charge >= 0.3 is 5.97 Å². The fraction of sp³-hybridized carbons (Fsp3) is 0.562. The summed E-state index contributed by atoms with van der Waals surface area (Å²) < 4.78 is 11.1. The third-order valence-corrected chi connectivity index (χ3v) is 5.32. The van der Waals surface area contributed by atoms with Crippen LogP contribution in [0, 0.1) is 0 Å². The molecule has 4 heteroatoms. The SMILES string of the molecule is CC(=O)OCC[Si](C)(C)Oc1ccc(C(C)(C)C)cc1. The standard InChI is InChI=1S/C16H26O3Si/c1-13(17)18-11-12-20(5,6)19-15-9-7-14(8-10-15)16(2,3)4/h7-10H,11-12H2,1-6H3. The Bertz CT molecular complexity index is 444. The lowest BCUT2D eigenvalue weighted by Crippen LogP contribution is -2.35. The van der Waals surface area contributed by atoms with Crippen molar-refractivity contribution in [1.29, 1.82) is 0 Å². The molecule has 20 heavy (non-hydrogen) atoms. The molecule has 0 spiro atoms. The smallest absolute Gasteiger partial charge is 0.302 e. The van der Waals surface area contributed by atoms with Crippen molar-refractivity contribution in [2.45, 2.75) is 52.2 Å². The molecule has 1 aromatic rings. The molecular weight excluding hydrogens is 268 g/mol. The Morgan fingerprint density at radius 1 is 1.15 bits per heavy atom. The summed E-state index contributed by atoms with van der Waals surface area (Å²) in [6.45, 7) is 12.7. The van der Waals surface area contributed by atoms with Crippen LogP contribution in [0.25, 0.3) is 0 Å². The largest absolute Gasteiger partial charge is 0.544 e. The Balaban J connectivity index is 2.61. The molecule has 0 aliphatic heterocycles. The summed E-state index contributed by atoms with van der Waals surface area (Å²) >= 11 is 0. The monoisotopic (exact) mass is 294 g/mol. The molecule has 0 aliphatic carbocycles. The second kappa shape index (κ2) is 6.44. The molecule has 0 atom stereocenters. The Morgan fingerprint density at radius 3 is 2.15 bits per heavy atom. The zero-order chi connectivity index (χ0) is 15.4. The van der Waals surface area contributed by atoms with Crippen LogP contribution < -0.4 is 4.43 Å². The third-order valence-electron chi connectivity index (χ3n) is 3.12. The number of esters is 1. The first-order valence-corrected chi connectivity index (χ1v) is 10.1. The number of ether oxygens (including phenoxy) is 1. The van der Waals surface area contributed by atoms with Crippen molar-refractivity contribution in [3.63, 3.8) is 0 Å². The van der Waals surface area contributed by atoms with Crippen molar-refractivity contribution >= 4 is 14.3 Å². The number of benzene rings is 1. The van der Waals surface area contributed by atoms with E-state index in [1.165, 1.54) is 12.5 Å². The van der Waals surface area contributed by atoms with E-state index in [0.29, 0.717) is 6.61 Å². The second-order valence-electron chi connectivity index (χ2n) is 6.73. The van der Waals surface area contributed by atoms with Gasteiger partial charge in [-0.3, -0.25) is 4.79 Å². The van der Waals surface area contributed by atoms with E-state index in [9.17, 15) is 4.79 Å². The number of hydrogen-bond acceptors (Lipinski definition) is 3. The summed E-state index contributed by atoms with van der Waals surface area (Å²) in [5, 5.41) is 0. The van der Waals surface area contributed by atoms with Gasteiger partial charge in [-0.25, -0.2) is 0 Å². The van der Waals surface area contributed by atoms with Gasteiger partial charge in [-0.15, -0.1) is 0 Å². The normalized spacial score (nSPS) is 12.1. The lowest BCUT2D eigenvalue weighted by molar-refractivity contribution is -0.140. The number of carbonyl (C=O) groups is 1. The van der Waals surface area contributed by atoms with Crippen LogP contribution in [-0.4, -0.2) is 20.9 Å². The highest BCUT2D eigenvalue weighted by Gasteiger charge is 2.25. The minimum atomic E-state index is -1.85. The Hall–Kier alpha value is -1.29. The minimum absolute atomic E-state index is 0.154. The highest BCUT2D eigenvalue weighted by molar-refractivity contribution is 6.71. The average Bonchev–Trinajstić information content (AvgIpc) is 2.26. The van der Waals surface area contributed by atoms with Gasteiger partial charge in [0.05, 0.1) is 6.61 Å². The highest BCUT2D eigenvalue weighted by atomic mass is 28.4. The molecule has 0 aliphatic rings. The Labute approximate surface area is 123 Å². The minimum Gasteiger partial charge on any atom is -0.544 e. The topological polar surface area (TPSA) is 35.5 Å². The van der Waals surface area contributed by atoms with Crippen LogP contribution in [0.15, 0.2) is 24.3 Å². The van der Waals surface area contributed by atoms with Gasteiger partial charge in [0, 0.05) is 13.0 Å². The van der Waals surface area contributed by atoms with Gasteiger partial charge in [0.25, 0.3) is 0 Å². The molecule has 0 unspecified atom stereocenters. The fourth-order valence-electron chi connectivity index (χ4n) is 1.83. The zero-order valence-electron chi connectivity index (χ0n) is 13.4. The molecule has 0 bridgehead atoms. The Kier molecular flexibility index (Phi) is 5.40. The van der Waals surface area contributed by atoms with Crippen LogP contribution >= 0.6 is 0 Å². The molecule has 0 saturated heterocycles. The summed E-state index contributed by atoms with van der Waals surface area (Å²) in [5.41, 5.74) is 1.45. The van der Waals surface area contributed by atoms with Crippen LogP contribution in [0.5, 0.6) is 5.75 Å². The lowest BCUT2D eigenvalue weighted by atomic mass is 9.87. The maximum atomic E-state index is 10.8. The molecular formula is C16H26O3Si. The van der Waals surface area contributed by atoms with Crippen molar-refractivity contribution in [1.82, 2.24) is 0 Å². The highest BCUT2D eigenvalue weighted by Crippen LogP contribution is 2.26. The molecule has 3 nitrogen and oxygen atoms in total. The van der Waals surface area contributed by atoms with E-state index >= 15 is 0 Å². The third kappa shape index (κ3) is 5.78. The molecule has 0 heterocycles. The van der Waals surface area contributed by atoms with Crippen LogP contribution in [0.1, 0.15) is 33.3 Å². The van der Waals surface area contributed by atoms with E-state index < -0.39 is 8.32 Å². The van der Waals surface area contributed by atoms with Gasteiger partial charge in [0.2, 0.25) is 8.32 Å². The number of hydrogen-bond donors (Lipinski definition) is 0. The molecule has 112 valence electrons. The molecule has 0 fully saturated rings. The van der Waals surface area contributed by atoms with Gasteiger partial charge in [-0.05, 0) is 36.2 Å². The van der Waals surface area contributed by atoms with Gasteiger partial charge in [-0.1, -0.05) is 32.9 Å². The molecule has 0 radical (unpaired) electrons. The van der Waals surface area contributed by atoms with Crippen LogP contribution in [0.2, 0.25) is 19.1 Å². The average molecular weight is 294 g/mol. The maximum absolute atomic E-state index is 10.8. The zero-order valence-corrected chi connectivity index (χ0v) is 14.4. The quantitative estimate of drug-likeness (QED) is 0.605. The van der Waals surface area contributed by atoms with E-state index in [4.69, 9.17) is 9.16 Å². The molecule has 0 aromatic heterocycles. The molecule has 0 saturated carbocycles. The summed E-state index contributed by atoms with van der Waals surface area (Å²) in [6.07, 6.45) is 0. The first-order valence-electron chi connectivity index (χ1n) is 7.03. The summed E-state index contributed by atoms with van der Waals surface area (Å²) in [4.78, 5) is 10.8. The van der Waals surface area contributed by atoms with E-state index in [1.54, 1.807) is 0 Å². The lowest BCUT2D eigenvalue weighted by Gasteiger charge is -2.25. The van der Waals surface area contributed by atoms with E-state index in [2.05, 4.69) is 46.0 Å². The predicted molar refractivity (Wildman–Crippen MR) is 84.7 cm³/mol. The second-order valence-corrected chi connectivity index (χ2v) is 10.9. The summed E-state index contributed by atoms with van der Waals surface area (Å²) in [5.74, 6) is 0.668. The van der Waals surface area contributed by atoms with Gasteiger partial charge < -0.3 is 9.16 Å². The number of carbonyl (C=O) groups excluding carboxylic acids is 1. The fourth-order valence-corrected chi connectivity index (χ4v) is 3.30. The van der Waals surface area contributed by atoms with Gasteiger partial charge in [-0.2, -0.15) is 0 Å². The van der Waals surface area contributed by atoms with Crippen molar-refractivity contribution < 1.29 is 14.0 Å². The van der Waals surface area contributed by atoms with Crippen molar-refractivity contribution in [2.24, 2.45) is 0 Å². The summed E-state index contributed by atoms with van der Waals surface area (Å²) in [7, 11) is -1.85. The molecule has 0 N–H and O–H groups in total. The van der Waals surface area contributed by atoms with E-state index in [0.717, 1.165) is 11.8 Å². The van der Waals surface area contributed by atoms with Crippen molar-refractivity contribution in [3.05, 3.63) is 29.8 Å². The van der Waals surface area contributed by atoms with Gasteiger partial charge in [0.15, 0.2) is 0 Å². The van der Waals surface area contributed by atoms with E-state index in [-0.39, 0.29) is 11.4 Å². The van der Waals surface area contributed by atoms with Crippen molar-refractivity contribution in [2.75, 3.05) is 6.61 Å². The predicted octanol–water partition coefficient (Wildman–Crippen LogP) is 4.13.